The van der Waals surface area contributed by atoms with Crippen LogP contribution in [-0.2, 0) is 17.1 Å². The predicted octanol–water partition coefficient (Wildman–Crippen LogP) is 2.45. The van der Waals surface area contributed by atoms with Gasteiger partial charge in [0, 0.05) is 7.05 Å². The van der Waals surface area contributed by atoms with E-state index in [0.717, 1.165) is 16.7 Å². The maximum atomic E-state index is 12.1. The van der Waals surface area contributed by atoms with Crippen molar-refractivity contribution in [2.24, 2.45) is 7.05 Å². The molecule has 0 fully saturated rings. The van der Waals surface area contributed by atoms with Crippen LogP contribution in [-0.4, -0.2) is 18.2 Å². The summed E-state index contributed by atoms with van der Waals surface area (Å²) >= 11 is 0. The fourth-order valence-electron chi connectivity index (χ4n) is 1.83. The molecule has 1 heterocycles. The lowest BCUT2D eigenvalue weighted by Gasteiger charge is -2.04. The molecule has 1 N–H and O–H groups in total. The van der Waals surface area contributed by atoms with Gasteiger partial charge in [-0.3, -0.25) is 9.40 Å². The minimum Gasteiger partial charge on any atom is -0.276 e. The van der Waals surface area contributed by atoms with E-state index >= 15 is 0 Å². The van der Waals surface area contributed by atoms with E-state index in [1.807, 2.05) is 37.3 Å². The summed E-state index contributed by atoms with van der Waals surface area (Å²) in [6.45, 7) is 3.59. The Kier molecular flexibility index (Phi) is 3.94. The molecule has 0 aliphatic carbocycles. The first-order chi connectivity index (χ1) is 9.39. The third-order valence-electron chi connectivity index (χ3n) is 2.99. The van der Waals surface area contributed by atoms with Gasteiger partial charge in [-0.2, -0.15) is 5.10 Å². The topological polar surface area (TPSA) is 64.0 Å². The molecule has 106 valence electrons. The summed E-state index contributed by atoms with van der Waals surface area (Å²) in [5.74, 6) is 0. The summed E-state index contributed by atoms with van der Waals surface area (Å²) in [5, 5.41) is 5.34. The summed E-state index contributed by atoms with van der Waals surface area (Å²) in [4.78, 5) is 0. The van der Waals surface area contributed by atoms with Crippen LogP contribution in [0.5, 0.6) is 0 Å². The normalized spacial score (nSPS) is 11.9. The van der Waals surface area contributed by atoms with E-state index in [1.54, 1.807) is 24.7 Å². The van der Waals surface area contributed by atoms with Crippen LogP contribution in [0.3, 0.4) is 0 Å². The standard InChI is InChI=1S/C14H17N3O2S/c1-11-14(12(2)17(3)15-11)16-20(18,19)10-9-13-7-5-4-6-8-13/h4-10,16H,1-3H3. The van der Waals surface area contributed by atoms with Crippen LogP contribution in [0.15, 0.2) is 35.7 Å². The molecule has 0 bridgehead atoms. The van der Waals surface area contributed by atoms with Crippen molar-refractivity contribution in [1.82, 2.24) is 9.78 Å². The zero-order valence-corrected chi connectivity index (χ0v) is 12.5. The lowest BCUT2D eigenvalue weighted by Crippen LogP contribution is -2.10. The van der Waals surface area contributed by atoms with Crippen LogP contribution in [0.25, 0.3) is 6.08 Å². The van der Waals surface area contributed by atoms with Crippen LogP contribution in [0.2, 0.25) is 0 Å². The average molecular weight is 291 g/mol. The minimum atomic E-state index is -3.55. The van der Waals surface area contributed by atoms with E-state index in [4.69, 9.17) is 0 Å². The van der Waals surface area contributed by atoms with E-state index in [2.05, 4.69) is 9.82 Å². The second-order valence-electron chi connectivity index (χ2n) is 4.53. The molecular formula is C14H17N3O2S. The van der Waals surface area contributed by atoms with Crippen molar-refractivity contribution in [2.45, 2.75) is 13.8 Å². The van der Waals surface area contributed by atoms with Gasteiger partial charge in [-0.05, 0) is 25.5 Å². The first-order valence-electron chi connectivity index (χ1n) is 6.15. The van der Waals surface area contributed by atoms with Crippen molar-refractivity contribution < 1.29 is 8.42 Å². The van der Waals surface area contributed by atoms with Gasteiger partial charge in [-0.1, -0.05) is 30.3 Å². The first kappa shape index (κ1) is 14.3. The Morgan fingerprint density at radius 2 is 1.85 bits per heavy atom. The van der Waals surface area contributed by atoms with Gasteiger partial charge in [0.15, 0.2) is 0 Å². The summed E-state index contributed by atoms with van der Waals surface area (Å²) in [7, 11) is -1.77. The lowest BCUT2D eigenvalue weighted by molar-refractivity contribution is 0.609. The van der Waals surface area contributed by atoms with Crippen molar-refractivity contribution in [2.75, 3.05) is 4.72 Å². The molecule has 0 saturated heterocycles. The second kappa shape index (κ2) is 5.50. The maximum absolute atomic E-state index is 12.1. The first-order valence-corrected chi connectivity index (χ1v) is 7.70. The van der Waals surface area contributed by atoms with Crippen LogP contribution in [0.4, 0.5) is 5.69 Å². The number of nitrogens with zero attached hydrogens (tertiary/aromatic N) is 2. The quantitative estimate of drug-likeness (QED) is 0.941. The third-order valence-corrected chi connectivity index (χ3v) is 3.98. The molecule has 0 unspecified atom stereocenters. The molecule has 0 atom stereocenters. The van der Waals surface area contributed by atoms with Crippen molar-refractivity contribution >= 4 is 21.8 Å². The number of aryl methyl sites for hydroxylation is 2. The molecule has 1 aromatic carbocycles. The number of anilines is 1. The average Bonchev–Trinajstić information content (AvgIpc) is 2.64. The van der Waals surface area contributed by atoms with Crippen molar-refractivity contribution in [3.8, 4) is 0 Å². The smallest absolute Gasteiger partial charge is 0.255 e. The zero-order chi connectivity index (χ0) is 14.8. The van der Waals surface area contributed by atoms with Gasteiger partial charge in [0.05, 0.1) is 22.5 Å². The van der Waals surface area contributed by atoms with Crippen molar-refractivity contribution in [3.63, 3.8) is 0 Å². The number of rotatable bonds is 4. The highest BCUT2D eigenvalue weighted by molar-refractivity contribution is 7.95. The number of nitrogens with one attached hydrogen (secondary N) is 1. The third kappa shape index (κ3) is 3.27. The number of benzene rings is 1. The van der Waals surface area contributed by atoms with Gasteiger partial charge in [-0.25, -0.2) is 8.42 Å². The molecule has 0 spiro atoms. The molecule has 6 heteroatoms. The minimum absolute atomic E-state index is 0.533. The Morgan fingerprint density at radius 1 is 1.20 bits per heavy atom. The SMILES string of the molecule is Cc1nn(C)c(C)c1NS(=O)(=O)C=Cc1ccccc1. The maximum Gasteiger partial charge on any atom is 0.255 e. The molecule has 2 rings (SSSR count). The van der Waals surface area contributed by atoms with Crippen LogP contribution < -0.4 is 4.72 Å². The number of hydrogen-bond donors (Lipinski definition) is 1. The van der Waals surface area contributed by atoms with E-state index < -0.39 is 10.0 Å². The number of aromatic nitrogens is 2. The van der Waals surface area contributed by atoms with E-state index in [-0.39, 0.29) is 0 Å². The Bertz CT molecular complexity index is 731. The van der Waals surface area contributed by atoms with Crippen LogP contribution in [0, 0.1) is 13.8 Å². The van der Waals surface area contributed by atoms with Crippen LogP contribution in [0.1, 0.15) is 17.0 Å². The van der Waals surface area contributed by atoms with Gasteiger partial charge in [0.2, 0.25) is 0 Å². The molecular weight excluding hydrogens is 274 g/mol. The summed E-state index contributed by atoms with van der Waals surface area (Å²) in [5.41, 5.74) is 2.79. The highest BCUT2D eigenvalue weighted by atomic mass is 32.2. The lowest BCUT2D eigenvalue weighted by atomic mass is 10.2. The zero-order valence-electron chi connectivity index (χ0n) is 11.7. The van der Waals surface area contributed by atoms with Crippen molar-refractivity contribution in [1.29, 1.82) is 0 Å². The van der Waals surface area contributed by atoms with Gasteiger partial charge >= 0.3 is 0 Å². The molecule has 5 nitrogen and oxygen atoms in total. The van der Waals surface area contributed by atoms with E-state index in [1.165, 1.54) is 0 Å². The Morgan fingerprint density at radius 3 is 2.40 bits per heavy atom. The Hall–Kier alpha value is -2.08. The molecule has 1 aromatic heterocycles. The number of hydrogen-bond acceptors (Lipinski definition) is 3. The van der Waals surface area contributed by atoms with Gasteiger partial charge in [0.1, 0.15) is 0 Å². The molecule has 0 amide bonds. The van der Waals surface area contributed by atoms with Gasteiger partial charge in [0.25, 0.3) is 10.0 Å². The second-order valence-corrected chi connectivity index (χ2v) is 6.10. The molecule has 0 aliphatic heterocycles. The molecule has 2 aromatic rings. The van der Waals surface area contributed by atoms with Gasteiger partial charge < -0.3 is 0 Å². The monoisotopic (exact) mass is 291 g/mol. The fraction of sp³-hybridized carbons (Fsp3) is 0.214. The summed E-state index contributed by atoms with van der Waals surface area (Å²) < 4.78 is 28.3. The molecule has 20 heavy (non-hydrogen) atoms. The Balaban J connectivity index is 2.22. The molecule has 0 radical (unpaired) electrons. The highest BCUT2D eigenvalue weighted by Crippen LogP contribution is 2.20. The number of sulfonamides is 1. The molecule has 0 aliphatic rings. The predicted molar refractivity (Wildman–Crippen MR) is 80.7 cm³/mol. The summed E-state index contributed by atoms with van der Waals surface area (Å²) in [6, 6.07) is 9.27. The Labute approximate surface area is 119 Å². The van der Waals surface area contributed by atoms with E-state index in [0.29, 0.717) is 11.4 Å². The van der Waals surface area contributed by atoms with E-state index in [9.17, 15) is 8.42 Å². The largest absolute Gasteiger partial charge is 0.276 e. The molecule has 0 saturated carbocycles. The summed E-state index contributed by atoms with van der Waals surface area (Å²) in [6.07, 6.45) is 1.56. The van der Waals surface area contributed by atoms with Gasteiger partial charge in [-0.15, -0.1) is 0 Å². The fourth-order valence-corrected chi connectivity index (χ4v) is 2.81. The van der Waals surface area contributed by atoms with Crippen molar-refractivity contribution in [3.05, 3.63) is 52.7 Å². The van der Waals surface area contributed by atoms with Crippen LogP contribution >= 0.6 is 0 Å². The highest BCUT2D eigenvalue weighted by Gasteiger charge is 2.14.